The van der Waals surface area contributed by atoms with Gasteiger partial charge in [0.05, 0.1) is 28.5 Å². The molecule has 6 heteroatoms. The van der Waals surface area contributed by atoms with Gasteiger partial charge < -0.3 is 15.5 Å². The number of nitrogens with one attached hydrogen (secondary N) is 1. The Balaban J connectivity index is 1.99. The molecule has 2 aromatic rings. The minimum absolute atomic E-state index is 0.275. The molecule has 0 aliphatic rings. The van der Waals surface area contributed by atoms with Crippen molar-refractivity contribution in [3.63, 3.8) is 0 Å². The van der Waals surface area contributed by atoms with Crippen LogP contribution in [0.2, 0.25) is 0 Å². The average molecular weight is 292 g/mol. The van der Waals surface area contributed by atoms with Gasteiger partial charge in [-0.25, -0.2) is 0 Å². The summed E-state index contributed by atoms with van der Waals surface area (Å²) in [5.74, 6) is 0.346. The number of hydrogen-bond donors (Lipinski definition) is 2. The molecule has 20 heavy (non-hydrogen) atoms. The number of nitrogen functional groups attached to an aromatic ring is 1. The highest BCUT2D eigenvalue weighted by atomic mass is 32.2. The van der Waals surface area contributed by atoms with Crippen molar-refractivity contribution in [2.45, 2.75) is 23.6 Å². The van der Waals surface area contributed by atoms with Crippen molar-refractivity contribution in [2.75, 3.05) is 5.73 Å². The third kappa shape index (κ3) is 3.27. The number of para-hydroxylation sites is 1. The predicted molar refractivity (Wildman–Crippen MR) is 77.3 cm³/mol. The molecule has 1 aromatic carbocycles. The largest absolute Gasteiger partial charge is 0.467 e. The summed E-state index contributed by atoms with van der Waals surface area (Å²) in [5.41, 5.74) is 6.20. The molecule has 1 aromatic heterocycles. The average Bonchev–Trinajstić information content (AvgIpc) is 2.97. The van der Waals surface area contributed by atoms with Gasteiger partial charge in [0.2, 0.25) is 5.91 Å². The van der Waals surface area contributed by atoms with Crippen molar-refractivity contribution in [3.05, 3.63) is 48.4 Å². The van der Waals surface area contributed by atoms with Gasteiger partial charge in [-0.1, -0.05) is 12.1 Å². The Kier molecular flexibility index (Phi) is 4.57. The van der Waals surface area contributed by atoms with Gasteiger partial charge in [0.1, 0.15) is 11.0 Å². The topological polar surface area (TPSA) is 85.3 Å². The number of hydrogen-bond acceptors (Lipinski definition) is 4. The normalized spacial score (nSPS) is 13.7. The number of benzene rings is 1. The standard InChI is InChI=1S/C14H16N2O3S/c1-10(14(17)16-9-11-5-4-8-19-11)20(18)13-7-3-2-6-12(13)15/h2-8,10H,9,15H2,1H3,(H,16,17). The molecule has 0 fully saturated rings. The third-order valence-corrected chi connectivity index (χ3v) is 4.50. The van der Waals surface area contributed by atoms with E-state index in [0.717, 1.165) is 0 Å². The molecule has 3 N–H and O–H groups in total. The highest BCUT2D eigenvalue weighted by Crippen LogP contribution is 2.18. The minimum Gasteiger partial charge on any atom is -0.467 e. The van der Waals surface area contributed by atoms with Crippen LogP contribution in [-0.2, 0) is 22.1 Å². The maximum absolute atomic E-state index is 12.3. The van der Waals surface area contributed by atoms with Gasteiger partial charge in [0.15, 0.2) is 0 Å². The Bertz CT molecular complexity index is 611. The van der Waals surface area contributed by atoms with Crippen LogP contribution in [0.15, 0.2) is 52.0 Å². The van der Waals surface area contributed by atoms with Crippen LogP contribution in [0.5, 0.6) is 0 Å². The SMILES string of the molecule is CC(C(=O)NCc1ccco1)S(=O)c1ccccc1N. The first kappa shape index (κ1) is 14.3. The first-order chi connectivity index (χ1) is 9.59. The molecule has 106 valence electrons. The van der Waals surface area contributed by atoms with Crippen LogP contribution in [0, 0.1) is 0 Å². The van der Waals surface area contributed by atoms with E-state index in [0.29, 0.717) is 16.3 Å². The highest BCUT2D eigenvalue weighted by Gasteiger charge is 2.22. The first-order valence-corrected chi connectivity index (χ1v) is 7.36. The van der Waals surface area contributed by atoms with E-state index in [9.17, 15) is 9.00 Å². The third-order valence-electron chi connectivity index (χ3n) is 2.84. The maximum atomic E-state index is 12.3. The van der Waals surface area contributed by atoms with Crippen molar-refractivity contribution in [1.29, 1.82) is 0 Å². The summed E-state index contributed by atoms with van der Waals surface area (Å²) < 4.78 is 17.4. The second-order valence-electron chi connectivity index (χ2n) is 4.27. The fourth-order valence-corrected chi connectivity index (χ4v) is 2.85. The van der Waals surface area contributed by atoms with E-state index >= 15 is 0 Å². The summed E-state index contributed by atoms with van der Waals surface area (Å²) >= 11 is 0. The van der Waals surface area contributed by atoms with Crippen molar-refractivity contribution >= 4 is 22.4 Å². The zero-order valence-electron chi connectivity index (χ0n) is 11.0. The van der Waals surface area contributed by atoms with E-state index in [1.165, 1.54) is 6.26 Å². The Labute approximate surface area is 119 Å². The van der Waals surface area contributed by atoms with Gasteiger partial charge >= 0.3 is 0 Å². The second-order valence-corrected chi connectivity index (χ2v) is 6.02. The quantitative estimate of drug-likeness (QED) is 0.821. The van der Waals surface area contributed by atoms with Crippen molar-refractivity contribution in [1.82, 2.24) is 5.32 Å². The van der Waals surface area contributed by atoms with Crippen LogP contribution in [-0.4, -0.2) is 15.4 Å². The van der Waals surface area contributed by atoms with Crippen LogP contribution in [0.1, 0.15) is 12.7 Å². The molecule has 0 bridgehead atoms. The fraction of sp³-hybridized carbons (Fsp3) is 0.214. The summed E-state index contributed by atoms with van der Waals surface area (Å²) in [5, 5.41) is 2.00. The molecule has 2 unspecified atom stereocenters. The van der Waals surface area contributed by atoms with Gasteiger partial charge in [-0.15, -0.1) is 0 Å². The Morgan fingerprint density at radius 2 is 2.10 bits per heavy atom. The molecule has 1 heterocycles. The first-order valence-electron chi connectivity index (χ1n) is 6.14. The van der Waals surface area contributed by atoms with E-state index in [4.69, 9.17) is 10.2 Å². The van der Waals surface area contributed by atoms with Gasteiger partial charge in [-0.3, -0.25) is 9.00 Å². The van der Waals surface area contributed by atoms with Crippen molar-refractivity contribution < 1.29 is 13.4 Å². The molecular formula is C14H16N2O3S. The summed E-state index contributed by atoms with van der Waals surface area (Å²) in [7, 11) is -1.49. The van der Waals surface area contributed by atoms with E-state index in [-0.39, 0.29) is 12.5 Å². The van der Waals surface area contributed by atoms with E-state index in [1.54, 1.807) is 43.3 Å². The minimum atomic E-state index is -1.49. The van der Waals surface area contributed by atoms with E-state index in [2.05, 4.69) is 5.32 Å². The van der Waals surface area contributed by atoms with Gasteiger partial charge in [-0.05, 0) is 31.2 Å². The van der Waals surface area contributed by atoms with Crippen molar-refractivity contribution in [3.8, 4) is 0 Å². The lowest BCUT2D eigenvalue weighted by atomic mass is 10.3. The number of carbonyl (C=O) groups is 1. The Hall–Kier alpha value is -2.08. The molecular weight excluding hydrogens is 276 g/mol. The lowest BCUT2D eigenvalue weighted by Gasteiger charge is -2.12. The molecule has 0 aliphatic heterocycles. The van der Waals surface area contributed by atoms with Crippen LogP contribution in [0.4, 0.5) is 5.69 Å². The van der Waals surface area contributed by atoms with Crippen molar-refractivity contribution in [2.24, 2.45) is 0 Å². The lowest BCUT2D eigenvalue weighted by molar-refractivity contribution is -0.120. The smallest absolute Gasteiger partial charge is 0.236 e. The van der Waals surface area contributed by atoms with E-state index < -0.39 is 16.0 Å². The maximum Gasteiger partial charge on any atom is 0.236 e. The number of nitrogens with two attached hydrogens (primary N) is 1. The van der Waals surface area contributed by atoms with Crippen LogP contribution in [0.25, 0.3) is 0 Å². The number of carbonyl (C=O) groups excluding carboxylic acids is 1. The summed E-state index contributed by atoms with van der Waals surface area (Å²) in [6.07, 6.45) is 1.54. The van der Waals surface area contributed by atoms with Crippen LogP contribution >= 0.6 is 0 Å². The van der Waals surface area contributed by atoms with Crippen LogP contribution < -0.4 is 11.1 Å². The second kappa shape index (κ2) is 6.38. The van der Waals surface area contributed by atoms with Crippen LogP contribution in [0.3, 0.4) is 0 Å². The molecule has 1 amide bonds. The Morgan fingerprint density at radius 3 is 2.75 bits per heavy atom. The molecule has 0 saturated heterocycles. The van der Waals surface area contributed by atoms with Gasteiger partial charge in [0, 0.05) is 5.69 Å². The lowest BCUT2D eigenvalue weighted by Crippen LogP contribution is -2.35. The monoisotopic (exact) mass is 292 g/mol. The molecule has 5 nitrogen and oxygen atoms in total. The molecule has 0 aliphatic carbocycles. The summed E-state index contributed by atoms with van der Waals surface area (Å²) in [4.78, 5) is 12.5. The van der Waals surface area contributed by atoms with E-state index in [1.807, 2.05) is 0 Å². The summed E-state index contributed by atoms with van der Waals surface area (Å²) in [6.45, 7) is 1.89. The van der Waals surface area contributed by atoms with Gasteiger partial charge in [0.25, 0.3) is 0 Å². The zero-order chi connectivity index (χ0) is 14.5. The molecule has 0 radical (unpaired) electrons. The number of amides is 1. The number of anilines is 1. The Morgan fingerprint density at radius 1 is 1.35 bits per heavy atom. The molecule has 2 atom stereocenters. The predicted octanol–water partition coefficient (Wildman–Crippen LogP) is 1.67. The number of rotatable bonds is 5. The highest BCUT2D eigenvalue weighted by molar-refractivity contribution is 7.86. The summed E-state index contributed by atoms with van der Waals surface area (Å²) in [6, 6.07) is 10.3. The molecule has 0 spiro atoms. The molecule has 0 saturated carbocycles. The zero-order valence-corrected chi connectivity index (χ0v) is 11.9. The fourth-order valence-electron chi connectivity index (χ4n) is 1.68. The van der Waals surface area contributed by atoms with Gasteiger partial charge in [-0.2, -0.15) is 0 Å². The number of furan rings is 1. The molecule has 2 rings (SSSR count).